The number of carbonyl (C=O) groups excluding carboxylic acids is 2. The molecule has 1 atom stereocenters. The van der Waals surface area contributed by atoms with Crippen molar-refractivity contribution in [3.05, 3.63) is 70.9 Å². The minimum Gasteiger partial charge on any atom is -0.493 e. The van der Waals surface area contributed by atoms with E-state index in [2.05, 4.69) is 10.3 Å². The largest absolute Gasteiger partial charge is 0.493 e. The Bertz CT molecular complexity index is 1300. The van der Waals surface area contributed by atoms with Crippen molar-refractivity contribution in [2.24, 2.45) is 0 Å². The van der Waals surface area contributed by atoms with Crippen molar-refractivity contribution in [1.29, 1.82) is 0 Å². The number of amides is 1. The van der Waals surface area contributed by atoms with Gasteiger partial charge < -0.3 is 14.5 Å². The maximum Gasteiger partial charge on any atom is 0.287 e. The number of ether oxygens (including phenoxy) is 1. The Morgan fingerprint density at radius 1 is 1.12 bits per heavy atom. The van der Waals surface area contributed by atoms with Gasteiger partial charge in [0, 0.05) is 40.3 Å². The number of aromatic nitrogens is 1. The quantitative estimate of drug-likeness (QED) is 0.395. The van der Waals surface area contributed by atoms with Crippen molar-refractivity contribution in [3.63, 3.8) is 0 Å². The van der Waals surface area contributed by atoms with Gasteiger partial charge in [0.05, 0.1) is 12.3 Å². The summed E-state index contributed by atoms with van der Waals surface area (Å²) in [6.45, 7) is 2.39. The zero-order valence-corrected chi connectivity index (χ0v) is 18.9. The third-order valence-corrected chi connectivity index (χ3v) is 7.14. The number of aryl methyl sites for hydroxylation is 1. The second kappa shape index (κ2) is 8.80. The van der Waals surface area contributed by atoms with Crippen molar-refractivity contribution in [2.45, 2.75) is 25.8 Å². The minimum absolute atomic E-state index is 0.127. The number of hydrogen-bond donors (Lipinski definition) is 1. The number of thioether (sulfide) groups is 1. The highest BCUT2D eigenvalue weighted by molar-refractivity contribution is 8.26. The van der Waals surface area contributed by atoms with Crippen LogP contribution in [0, 0.1) is 6.92 Å². The number of oxazole rings is 1. The van der Waals surface area contributed by atoms with Gasteiger partial charge in [-0.2, -0.15) is 0 Å². The molecule has 0 radical (unpaired) electrons. The van der Waals surface area contributed by atoms with Gasteiger partial charge >= 0.3 is 0 Å². The fourth-order valence-corrected chi connectivity index (χ4v) is 5.36. The highest BCUT2D eigenvalue weighted by Crippen LogP contribution is 2.34. The number of hydrogen-bond acceptors (Lipinski definition) is 7. The van der Waals surface area contributed by atoms with Gasteiger partial charge in [0.2, 0.25) is 11.0 Å². The van der Waals surface area contributed by atoms with Crippen molar-refractivity contribution >= 4 is 43.5 Å². The molecule has 0 aliphatic carbocycles. The first kappa shape index (κ1) is 20.8. The summed E-state index contributed by atoms with van der Waals surface area (Å²) in [5.41, 5.74) is 2.87. The molecule has 3 heterocycles. The van der Waals surface area contributed by atoms with E-state index in [1.807, 2.05) is 60.8 Å². The summed E-state index contributed by atoms with van der Waals surface area (Å²) in [7, 11) is 0. The molecular weight excluding hydrogens is 444 g/mol. The van der Waals surface area contributed by atoms with Gasteiger partial charge in [0.15, 0.2) is 0 Å². The van der Waals surface area contributed by atoms with Crippen LogP contribution in [0.3, 0.4) is 0 Å². The Labute approximate surface area is 193 Å². The van der Waals surface area contributed by atoms with E-state index in [0.29, 0.717) is 25.3 Å². The number of thiophene rings is 1. The normalized spacial score (nSPS) is 16.0. The van der Waals surface area contributed by atoms with Crippen LogP contribution < -0.4 is 10.1 Å². The summed E-state index contributed by atoms with van der Waals surface area (Å²) in [5, 5.41) is 5.35. The molecule has 2 aromatic carbocycles. The van der Waals surface area contributed by atoms with Crippen molar-refractivity contribution in [2.75, 3.05) is 6.61 Å². The van der Waals surface area contributed by atoms with Crippen LogP contribution in [0.15, 0.2) is 58.3 Å². The summed E-state index contributed by atoms with van der Waals surface area (Å²) >= 11 is 2.35. The predicted octanol–water partition coefficient (Wildman–Crippen LogP) is 5.38. The summed E-state index contributed by atoms with van der Waals surface area (Å²) in [6.07, 6.45) is 1.12. The minimum atomic E-state index is -0.474. The SMILES string of the molecule is Cc1oc(-c2ccccc2)nc1CCOc1ccc(CC2NC(=O)SC2=O)c2sccc12. The van der Waals surface area contributed by atoms with E-state index in [1.165, 1.54) is 0 Å². The lowest BCUT2D eigenvalue weighted by Gasteiger charge is -2.12. The molecule has 1 aliphatic heterocycles. The van der Waals surface area contributed by atoms with Gasteiger partial charge in [0.1, 0.15) is 17.6 Å². The van der Waals surface area contributed by atoms with Crippen LogP contribution in [-0.4, -0.2) is 28.0 Å². The van der Waals surface area contributed by atoms with Gasteiger partial charge in [0.25, 0.3) is 5.24 Å². The molecule has 1 N–H and O–H groups in total. The molecule has 0 bridgehead atoms. The molecule has 1 fully saturated rings. The fraction of sp³-hybridized carbons (Fsp3) is 0.208. The standard InChI is InChI=1S/C24H20N2O4S2/c1-14-18(25-22(30-14)15-5-3-2-4-6-15)9-11-29-20-8-7-16(21-17(20)10-12-31-21)13-19-23(27)32-24(28)26-19/h2-8,10,12,19H,9,11,13H2,1H3,(H,26,28). The predicted molar refractivity (Wildman–Crippen MR) is 126 cm³/mol. The molecule has 4 aromatic rings. The summed E-state index contributed by atoms with van der Waals surface area (Å²) in [4.78, 5) is 28.1. The van der Waals surface area contributed by atoms with Crippen LogP contribution in [0.25, 0.3) is 21.5 Å². The van der Waals surface area contributed by atoms with Crippen molar-refractivity contribution in [3.8, 4) is 17.2 Å². The number of nitrogens with zero attached hydrogens (tertiary/aromatic N) is 1. The van der Waals surface area contributed by atoms with Gasteiger partial charge in [-0.3, -0.25) is 9.59 Å². The number of nitrogens with one attached hydrogen (secondary N) is 1. The van der Waals surface area contributed by atoms with Crippen molar-refractivity contribution < 1.29 is 18.7 Å². The van der Waals surface area contributed by atoms with Crippen LogP contribution in [0.2, 0.25) is 0 Å². The number of carbonyl (C=O) groups is 2. The summed E-state index contributed by atoms with van der Waals surface area (Å²) in [6, 6.07) is 15.3. The zero-order valence-electron chi connectivity index (χ0n) is 17.3. The molecule has 0 spiro atoms. The summed E-state index contributed by atoms with van der Waals surface area (Å²) < 4.78 is 13.0. The lowest BCUT2D eigenvalue weighted by Crippen LogP contribution is -2.30. The molecule has 162 valence electrons. The lowest BCUT2D eigenvalue weighted by atomic mass is 10.0. The molecule has 1 aliphatic rings. The molecule has 32 heavy (non-hydrogen) atoms. The van der Waals surface area contributed by atoms with E-state index < -0.39 is 6.04 Å². The zero-order chi connectivity index (χ0) is 22.1. The topological polar surface area (TPSA) is 81.4 Å². The Kier molecular flexibility index (Phi) is 5.71. The highest BCUT2D eigenvalue weighted by atomic mass is 32.2. The second-order valence-electron chi connectivity index (χ2n) is 7.48. The molecule has 1 amide bonds. The maximum atomic E-state index is 12.0. The van der Waals surface area contributed by atoms with Crippen LogP contribution in [0.5, 0.6) is 5.75 Å². The lowest BCUT2D eigenvalue weighted by molar-refractivity contribution is -0.112. The van der Waals surface area contributed by atoms with Crippen molar-refractivity contribution in [1.82, 2.24) is 10.3 Å². The van der Waals surface area contributed by atoms with E-state index in [1.54, 1.807) is 11.3 Å². The molecule has 8 heteroatoms. The molecule has 1 saturated heterocycles. The molecular formula is C24H20N2O4S2. The van der Waals surface area contributed by atoms with E-state index in [0.717, 1.165) is 50.2 Å². The Morgan fingerprint density at radius 2 is 1.97 bits per heavy atom. The van der Waals surface area contributed by atoms with Crippen LogP contribution in [0.4, 0.5) is 4.79 Å². The van der Waals surface area contributed by atoms with Gasteiger partial charge in [-0.15, -0.1) is 11.3 Å². The van der Waals surface area contributed by atoms with E-state index in [-0.39, 0.29) is 10.4 Å². The van der Waals surface area contributed by atoms with Gasteiger partial charge in [-0.1, -0.05) is 24.3 Å². The average Bonchev–Trinajstić information content (AvgIpc) is 3.50. The first-order valence-corrected chi connectivity index (χ1v) is 11.9. The Balaban J connectivity index is 1.28. The Morgan fingerprint density at radius 3 is 2.75 bits per heavy atom. The second-order valence-corrected chi connectivity index (χ2v) is 9.38. The molecule has 6 nitrogen and oxygen atoms in total. The highest BCUT2D eigenvalue weighted by Gasteiger charge is 2.31. The monoisotopic (exact) mass is 464 g/mol. The van der Waals surface area contributed by atoms with Gasteiger partial charge in [-0.25, -0.2) is 4.98 Å². The van der Waals surface area contributed by atoms with Crippen LogP contribution in [0.1, 0.15) is 17.0 Å². The molecule has 1 unspecified atom stereocenters. The molecule has 2 aromatic heterocycles. The van der Waals surface area contributed by atoms with E-state index >= 15 is 0 Å². The third kappa shape index (κ3) is 4.16. The third-order valence-electron chi connectivity index (χ3n) is 5.36. The Hall–Kier alpha value is -3.10. The summed E-state index contributed by atoms with van der Waals surface area (Å²) in [5.74, 6) is 2.21. The first-order valence-electron chi connectivity index (χ1n) is 10.2. The van der Waals surface area contributed by atoms with Crippen LogP contribution >= 0.6 is 23.1 Å². The number of benzene rings is 2. The number of fused-ring (bicyclic) bond motifs is 1. The average molecular weight is 465 g/mol. The fourth-order valence-electron chi connectivity index (χ4n) is 3.75. The smallest absolute Gasteiger partial charge is 0.287 e. The number of rotatable bonds is 7. The molecule has 0 saturated carbocycles. The van der Waals surface area contributed by atoms with Crippen LogP contribution in [-0.2, 0) is 17.6 Å². The first-order chi connectivity index (χ1) is 15.6. The molecule has 5 rings (SSSR count). The van der Waals surface area contributed by atoms with E-state index in [9.17, 15) is 9.59 Å². The maximum absolute atomic E-state index is 12.0. The van der Waals surface area contributed by atoms with Gasteiger partial charge in [-0.05, 0) is 42.1 Å². The van der Waals surface area contributed by atoms with E-state index in [4.69, 9.17) is 9.15 Å².